The van der Waals surface area contributed by atoms with Crippen molar-refractivity contribution in [2.45, 2.75) is 18.8 Å². The normalized spacial score (nSPS) is 12.0. The Morgan fingerprint density at radius 1 is 1.07 bits per heavy atom. The Balaban J connectivity index is 1.60. The minimum absolute atomic E-state index is 0.00375. The third-order valence-corrected chi connectivity index (χ3v) is 5.51. The number of amides is 2. The Labute approximate surface area is 229 Å². The largest absolute Gasteiger partial charge is 0.474 e. The monoisotopic (exact) mass is 572 g/mol. The van der Waals surface area contributed by atoms with Crippen LogP contribution in [0.5, 0.6) is 5.75 Å². The Kier molecular flexibility index (Phi) is 8.55. The van der Waals surface area contributed by atoms with Gasteiger partial charge in [0.05, 0.1) is 23.5 Å². The van der Waals surface area contributed by atoms with E-state index in [9.17, 15) is 31.5 Å². The molecule has 0 spiro atoms. The first-order valence-electron chi connectivity index (χ1n) is 11.6. The number of aromatic nitrogens is 2. The van der Waals surface area contributed by atoms with Gasteiger partial charge in [-0.3, -0.25) is 9.78 Å². The molecule has 1 atom stereocenters. The van der Waals surface area contributed by atoms with Crippen LogP contribution < -0.4 is 21.4 Å². The number of nitrogens with one attached hydrogen (secondary N) is 1. The summed E-state index contributed by atoms with van der Waals surface area (Å²) in [5.74, 6) is -5.13. The highest BCUT2D eigenvalue weighted by Crippen LogP contribution is 2.32. The number of ether oxygens (including phenoxy) is 2. The van der Waals surface area contributed by atoms with Crippen molar-refractivity contribution < 1.29 is 45.4 Å². The summed E-state index contributed by atoms with van der Waals surface area (Å²) in [5.41, 5.74) is 3.30. The van der Waals surface area contributed by atoms with Crippen LogP contribution in [0.4, 0.5) is 26.7 Å². The van der Waals surface area contributed by atoms with Gasteiger partial charge in [-0.25, -0.2) is 18.6 Å². The van der Waals surface area contributed by atoms with Gasteiger partial charge in [0, 0.05) is 11.8 Å². The van der Waals surface area contributed by atoms with Crippen molar-refractivity contribution in [1.82, 2.24) is 15.3 Å². The SMILES string of the molecule is [B]c1oc(C(COC(=O)NCc2ccccn2)Oc2ccc(F)c(C(N)=O)c2F)nc1-c1ccc(C(F)(F)F)cc1. The van der Waals surface area contributed by atoms with Gasteiger partial charge in [-0.2, -0.15) is 13.2 Å². The first kappa shape index (κ1) is 29.0. The summed E-state index contributed by atoms with van der Waals surface area (Å²) in [6, 6.07) is 10.5. The van der Waals surface area contributed by atoms with Crippen LogP contribution in [-0.2, 0) is 17.5 Å². The van der Waals surface area contributed by atoms with Crippen molar-refractivity contribution in [3.8, 4) is 17.0 Å². The van der Waals surface area contributed by atoms with Gasteiger partial charge in [0.15, 0.2) is 19.4 Å². The zero-order chi connectivity index (χ0) is 29.7. The van der Waals surface area contributed by atoms with Crippen molar-refractivity contribution in [1.29, 1.82) is 0 Å². The molecule has 0 bridgehead atoms. The lowest BCUT2D eigenvalue weighted by molar-refractivity contribution is -0.137. The van der Waals surface area contributed by atoms with Gasteiger partial charge >= 0.3 is 12.3 Å². The molecule has 15 heteroatoms. The minimum atomic E-state index is -4.57. The molecule has 0 saturated heterocycles. The van der Waals surface area contributed by atoms with Crippen LogP contribution in [0.1, 0.15) is 33.6 Å². The van der Waals surface area contributed by atoms with Gasteiger partial charge in [0.25, 0.3) is 5.91 Å². The second-order valence-corrected chi connectivity index (χ2v) is 8.32. The van der Waals surface area contributed by atoms with Crippen molar-refractivity contribution in [3.05, 3.63) is 95.1 Å². The number of primary amides is 1. The van der Waals surface area contributed by atoms with E-state index < -0.39 is 59.4 Å². The fraction of sp³-hybridized carbons (Fsp3) is 0.154. The highest BCUT2D eigenvalue weighted by molar-refractivity contribution is 6.33. The molecule has 210 valence electrons. The number of hydrogen-bond acceptors (Lipinski definition) is 7. The van der Waals surface area contributed by atoms with Crippen LogP contribution in [0.2, 0.25) is 0 Å². The van der Waals surface area contributed by atoms with Gasteiger partial charge in [-0.05, 0) is 36.4 Å². The van der Waals surface area contributed by atoms with Crippen LogP contribution in [0, 0.1) is 11.6 Å². The number of pyridine rings is 1. The van der Waals surface area contributed by atoms with E-state index in [1.807, 2.05) is 0 Å². The maximum Gasteiger partial charge on any atom is 0.416 e. The van der Waals surface area contributed by atoms with E-state index in [2.05, 4.69) is 15.3 Å². The zero-order valence-corrected chi connectivity index (χ0v) is 20.7. The number of rotatable bonds is 9. The number of halogens is 5. The average molecular weight is 572 g/mol. The third kappa shape index (κ3) is 6.98. The molecule has 2 heterocycles. The van der Waals surface area contributed by atoms with Crippen LogP contribution in [0.3, 0.4) is 0 Å². The van der Waals surface area contributed by atoms with Gasteiger partial charge < -0.3 is 24.9 Å². The van der Waals surface area contributed by atoms with Crippen molar-refractivity contribution in [2.24, 2.45) is 5.73 Å². The second kappa shape index (κ2) is 12.1. The number of alkyl carbamates (subject to hydrolysis) is 1. The van der Waals surface area contributed by atoms with Crippen LogP contribution in [0.15, 0.2) is 65.2 Å². The van der Waals surface area contributed by atoms with E-state index in [1.165, 1.54) is 6.20 Å². The summed E-state index contributed by atoms with van der Waals surface area (Å²) in [6.45, 7) is -0.660. The standard InChI is InChI=1S/C26H18BF5N4O5/c27-22-21(13-4-6-14(7-5-13)26(30,31)32)36-24(41-22)18(12-39-25(38)35-11-15-3-1-2-10-34-15)40-17-9-8-16(28)19(20(17)29)23(33)37/h1-10,18H,11-12H2,(H2,33,37)(H,35,38). The fourth-order valence-corrected chi connectivity index (χ4v) is 3.54. The van der Waals surface area contributed by atoms with E-state index in [0.29, 0.717) is 5.69 Å². The molecule has 2 amide bonds. The molecule has 1 unspecified atom stereocenters. The number of alkyl halides is 3. The van der Waals surface area contributed by atoms with Crippen LogP contribution in [-0.4, -0.2) is 36.4 Å². The number of nitrogens with two attached hydrogens (primary N) is 1. The molecule has 0 aliphatic rings. The van der Waals surface area contributed by atoms with Gasteiger partial charge in [0.1, 0.15) is 23.7 Å². The third-order valence-electron chi connectivity index (χ3n) is 5.51. The van der Waals surface area contributed by atoms with E-state index in [1.54, 1.807) is 18.2 Å². The molecular formula is C26H18BF5N4O5. The Morgan fingerprint density at radius 2 is 1.80 bits per heavy atom. The smallest absolute Gasteiger partial charge is 0.416 e. The van der Waals surface area contributed by atoms with Gasteiger partial charge in [-0.1, -0.05) is 18.2 Å². The molecule has 0 aliphatic heterocycles. The minimum Gasteiger partial charge on any atom is -0.474 e. The number of oxazole rings is 1. The van der Waals surface area contributed by atoms with Crippen molar-refractivity contribution in [2.75, 3.05) is 6.61 Å². The van der Waals surface area contributed by atoms with E-state index in [-0.39, 0.29) is 29.4 Å². The van der Waals surface area contributed by atoms with Crippen molar-refractivity contribution >= 4 is 25.5 Å². The maximum absolute atomic E-state index is 14.9. The average Bonchev–Trinajstić information content (AvgIpc) is 3.32. The summed E-state index contributed by atoms with van der Waals surface area (Å²) >= 11 is 0. The summed E-state index contributed by atoms with van der Waals surface area (Å²) in [4.78, 5) is 32.0. The predicted octanol–water partition coefficient (Wildman–Crippen LogP) is 3.97. The molecule has 9 nitrogen and oxygen atoms in total. The molecule has 2 aromatic heterocycles. The number of carbonyl (C=O) groups is 2. The summed E-state index contributed by atoms with van der Waals surface area (Å²) in [7, 11) is 5.89. The van der Waals surface area contributed by atoms with E-state index >= 15 is 0 Å². The number of nitrogens with zero attached hydrogens (tertiary/aromatic N) is 2. The molecule has 0 saturated carbocycles. The Morgan fingerprint density at radius 3 is 2.44 bits per heavy atom. The maximum atomic E-state index is 14.9. The number of carbonyl (C=O) groups excluding carboxylic acids is 2. The molecule has 2 radical (unpaired) electrons. The zero-order valence-electron chi connectivity index (χ0n) is 20.7. The van der Waals surface area contributed by atoms with Crippen molar-refractivity contribution in [3.63, 3.8) is 0 Å². The highest BCUT2D eigenvalue weighted by atomic mass is 19.4. The van der Waals surface area contributed by atoms with Gasteiger partial charge in [-0.15, -0.1) is 0 Å². The highest BCUT2D eigenvalue weighted by Gasteiger charge is 2.31. The Bertz CT molecular complexity index is 1550. The van der Waals surface area contributed by atoms with Crippen LogP contribution in [0.25, 0.3) is 11.3 Å². The van der Waals surface area contributed by atoms with Gasteiger partial charge in [0.2, 0.25) is 12.0 Å². The Hall–Kier alpha value is -4.95. The van der Waals surface area contributed by atoms with Crippen LogP contribution >= 0.6 is 0 Å². The molecule has 2 aromatic carbocycles. The fourth-order valence-electron chi connectivity index (χ4n) is 3.54. The first-order chi connectivity index (χ1) is 19.4. The topological polar surface area (TPSA) is 130 Å². The lowest BCUT2D eigenvalue weighted by Crippen LogP contribution is -2.27. The summed E-state index contributed by atoms with van der Waals surface area (Å²) < 4.78 is 83.8. The van der Waals surface area contributed by atoms with E-state index in [0.717, 1.165) is 36.4 Å². The van der Waals surface area contributed by atoms with E-state index in [4.69, 9.17) is 27.5 Å². The molecule has 0 fully saturated rings. The number of hydrogen-bond donors (Lipinski definition) is 2. The quantitative estimate of drug-likeness (QED) is 0.229. The molecular weight excluding hydrogens is 554 g/mol. The molecule has 0 aliphatic carbocycles. The first-order valence-corrected chi connectivity index (χ1v) is 11.6. The lowest BCUT2D eigenvalue weighted by atomic mass is 9.98. The predicted molar refractivity (Wildman–Crippen MR) is 133 cm³/mol. The molecule has 4 rings (SSSR count). The molecule has 41 heavy (non-hydrogen) atoms. The summed E-state index contributed by atoms with van der Waals surface area (Å²) in [6.07, 6.45) is -5.52. The molecule has 3 N–H and O–H groups in total. The number of benzene rings is 2. The summed E-state index contributed by atoms with van der Waals surface area (Å²) in [5, 5.41) is 2.44. The molecule has 4 aromatic rings. The second-order valence-electron chi connectivity index (χ2n) is 8.32. The lowest BCUT2D eigenvalue weighted by Gasteiger charge is -2.18.